The van der Waals surface area contributed by atoms with Crippen molar-refractivity contribution in [2.45, 2.75) is 57.3 Å². The lowest BCUT2D eigenvalue weighted by molar-refractivity contribution is -0.132. The van der Waals surface area contributed by atoms with Crippen molar-refractivity contribution < 1.29 is 18.0 Å². The smallest absolute Gasteiger partial charge is 0.242 e. The SMILES string of the molecule is CC(=O)c1ccc(S(=O)(=O)N(C)CCCC(=O)N2CCC(CCc3ccc(C)cc3)CC2)cc1. The molecule has 7 heteroatoms. The molecule has 0 radical (unpaired) electrons. The molecule has 0 atom stereocenters. The van der Waals surface area contributed by atoms with Gasteiger partial charge in [-0.1, -0.05) is 42.0 Å². The largest absolute Gasteiger partial charge is 0.343 e. The first-order valence-corrected chi connectivity index (χ1v) is 13.5. The van der Waals surface area contributed by atoms with Gasteiger partial charge in [0.05, 0.1) is 4.90 Å². The fraction of sp³-hybridized carbons (Fsp3) is 0.481. The van der Waals surface area contributed by atoms with Crippen molar-refractivity contribution >= 4 is 21.7 Å². The number of aryl methyl sites for hydroxylation is 2. The number of benzene rings is 2. The number of carbonyl (C=O) groups is 2. The summed E-state index contributed by atoms with van der Waals surface area (Å²) in [6.45, 7) is 5.39. The van der Waals surface area contributed by atoms with E-state index in [-0.39, 0.29) is 23.1 Å². The minimum absolute atomic E-state index is 0.105. The predicted octanol–water partition coefficient (Wildman–Crippen LogP) is 4.47. The van der Waals surface area contributed by atoms with Crippen molar-refractivity contribution in [3.63, 3.8) is 0 Å². The summed E-state index contributed by atoms with van der Waals surface area (Å²) in [5.74, 6) is 0.649. The summed E-state index contributed by atoms with van der Waals surface area (Å²) >= 11 is 0. The van der Waals surface area contributed by atoms with Gasteiger partial charge in [-0.15, -0.1) is 0 Å². The lowest BCUT2D eigenvalue weighted by Crippen LogP contribution is -2.39. The molecule has 1 aliphatic rings. The second kappa shape index (κ2) is 11.8. The molecular weight excluding hydrogens is 448 g/mol. The Morgan fingerprint density at radius 3 is 2.21 bits per heavy atom. The van der Waals surface area contributed by atoms with Gasteiger partial charge in [0, 0.05) is 38.7 Å². The Kier molecular flexibility index (Phi) is 9.03. The second-order valence-corrected chi connectivity index (χ2v) is 11.4. The molecule has 2 aromatic rings. The van der Waals surface area contributed by atoms with Crippen LogP contribution in [0.4, 0.5) is 0 Å². The van der Waals surface area contributed by atoms with E-state index in [0.717, 1.165) is 38.8 Å². The topological polar surface area (TPSA) is 74.8 Å². The third-order valence-electron chi connectivity index (χ3n) is 6.76. The van der Waals surface area contributed by atoms with Crippen LogP contribution in [0.3, 0.4) is 0 Å². The zero-order valence-corrected chi connectivity index (χ0v) is 21.3. The van der Waals surface area contributed by atoms with Crippen LogP contribution >= 0.6 is 0 Å². The average Bonchev–Trinajstić information content (AvgIpc) is 2.84. The van der Waals surface area contributed by atoms with Crippen LogP contribution in [-0.4, -0.2) is 56.0 Å². The van der Waals surface area contributed by atoms with Gasteiger partial charge in [0.25, 0.3) is 0 Å². The van der Waals surface area contributed by atoms with Crippen LogP contribution in [0.25, 0.3) is 0 Å². The molecule has 1 fully saturated rings. The third kappa shape index (κ3) is 7.00. The zero-order chi connectivity index (χ0) is 24.7. The lowest BCUT2D eigenvalue weighted by Gasteiger charge is -2.32. The van der Waals surface area contributed by atoms with Crippen molar-refractivity contribution in [2.24, 2.45) is 5.92 Å². The Morgan fingerprint density at radius 2 is 1.62 bits per heavy atom. The van der Waals surface area contributed by atoms with Crippen molar-refractivity contribution in [1.82, 2.24) is 9.21 Å². The number of nitrogens with zero attached hydrogens (tertiary/aromatic N) is 2. The number of hydrogen-bond acceptors (Lipinski definition) is 4. The van der Waals surface area contributed by atoms with E-state index < -0.39 is 10.0 Å². The molecule has 2 aromatic carbocycles. The van der Waals surface area contributed by atoms with Gasteiger partial charge >= 0.3 is 0 Å². The van der Waals surface area contributed by atoms with Crippen LogP contribution in [0, 0.1) is 12.8 Å². The maximum Gasteiger partial charge on any atom is 0.242 e. The molecule has 0 unspecified atom stereocenters. The number of sulfonamides is 1. The first-order chi connectivity index (χ1) is 16.2. The predicted molar refractivity (Wildman–Crippen MR) is 134 cm³/mol. The molecule has 1 saturated heterocycles. The van der Waals surface area contributed by atoms with Gasteiger partial charge in [-0.3, -0.25) is 9.59 Å². The minimum Gasteiger partial charge on any atom is -0.343 e. The van der Waals surface area contributed by atoms with E-state index in [4.69, 9.17) is 0 Å². The number of Topliss-reactive ketones (excluding diaryl/α,β-unsaturated/α-hetero) is 1. The van der Waals surface area contributed by atoms with Crippen LogP contribution in [0.5, 0.6) is 0 Å². The van der Waals surface area contributed by atoms with E-state index in [1.165, 1.54) is 53.7 Å². The third-order valence-corrected chi connectivity index (χ3v) is 8.63. The number of rotatable bonds is 10. The highest BCUT2D eigenvalue weighted by atomic mass is 32.2. The van der Waals surface area contributed by atoms with Gasteiger partial charge in [0.1, 0.15) is 0 Å². The molecule has 184 valence electrons. The normalized spacial score (nSPS) is 15.0. The molecule has 3 rings (SSSR count). The highest BCUT2D eigenvalue weighted by Gasteiger charge is 2.24. The summed E-state index contributed by atoms with van der Waals surface area (Å²) in [5, 5.41) is 0. The van der Waals surface area contributed by atoms with Crippen molar-refractivity contribution in [1.29, 1.82) is 0 Å². The average molecular weight is 485 g/mol. The molecule has 0 aromatic heterocycles. The van der Waals surface area contributed by atoms with Crippen LogP contribution < -0.4 is 0 Å². The van der Waals surface area contributed by atoms with Gasteiger partial charge in [0.15, 0.2) is 5.78 Å². The summed E-state index contributed by atoms with van der Waals surface area (Å²) in [7, 11) is -2.12. The summed E-state index contributed by atoms with van der Waals surface area (Å²) < 4.78 is 26.8. The van der Waals surface area contributed by atoms with E-state index in [1.54, 1.807) is 0 Å². The molecule has 1 aliphatic heterocycles. The summed E-state index contributed by atoms with van der Waals surface area (Å²) in [6.07, 6.45) is 5.12. The van der Waals surface area contributed by atoms with Crippen molar-refractivity contribution in [3.05, 3.63) is 65.2 Å². The van der Waals surface area contributed by atoms with Crippen LogP contribution in [0.1, 0.15) is 60.5 Å². The molecule has 1 amide bonds. The standard InChI is InChI=1S/C27H36N2O4S/c1-21-6-8-23(9-7-21)10-11-24-16-19-29(20-17-24)27(31)5-4-18-28(3)34(32,33)26-14-12-25(13-15-26)22(2)30/h6-9,12-15,24H,4-5,10-11,16-20H2,1-3H3. The molecule has 0 saturated carbocycles. The second-order valence-electron chi connectivity index (χ2n) is 9.36. The number of amides is 1. The van der Waals surface area contributed by atoms with Gasteiger partial charge in [0.2, 0.25) is 15.9 Å². The number of likely N-dealkylation sites (tertiary alicyclic amines) is 1. The molecular formula is C27H36N2O4S. The molecule has 0 bridgehead atoms. The Bertz CT molecular complexity index is 1070. The van der Waals surface area contributed by atoms with Crippen LogP contribution in [-0.2, 0) is 21.2 Å². The Morgan fingerprint density at radius 1 is 1.00 bits per heavy atom. The Hall–Kier alpha value is -2.51. The van der Waals surface area contributed by atoms with Gasteiger partial charge in [-0.2, -0.15) is 0 Å². The summed E-state index contributed by atoms with van der Waals surface area (Å²) in [6, 6.07) is 14.7. The first kappa shape index (κ1) is 26.1. The fourth-order valence-electron chi connectivity index (χ4n) is 4.37. The van der Waals surface area contributed by atoms with Crippen LogP contribution in [0.15, 0.2) is 53.4 Å². The maximum absolute atomic E-state index is 12.8. The Balaban J connectivity index is 1.39. The lowest BCUT2D eigenvalue weighted by atomic mass is 9.90. The van der Waals surface area contributed by atoms with E-state index in [9.17, 15) is 18.0 Å². The fourth-order valence-corrected chi connectivity index (χ4v) is 5.58. The monoisotopic (exact) mass is 484 g/mol. The number of ketones is 1. The number of hydrogen-bond donors (Lipinski definition) is 0. The quantitative estimate of drug-likeness (QED) is 0.467. The van der Waals surface area contributed by atoms with Gasteiger partial charge in [-0.25, -0.2) is 12.7 Å². The highest BCUT2D eigenvalue weighted by Crippen LogP contribution is 2.23. The molecule has 0 spiro atoms. The van der Waals surface area contributed by atoms with E-state index >= 15 is 0 Å². The zero-order valence-electron chi connectivity index (χ0n) is 20.5. The van der Waals surface area contributed by atoms with Gasteiger partial charge in [-0.05, 0) is 69.6 Å². The molecule has 0 aliphatic carbocycles. The molecule has 1 heterocycles. The van der Waals surface area contributed by atoms with Gasteiger partial charge < -0.3 is 4.90 Å². The molecule has 6 nitrogen and oxygen atoms in total. The number of piperidine rings is 1. The highest BCUT2D eigenvalue weighted by molar-refractivity contribution is 7.89. The van der Waals surface area contributed by atoms with Crippen LogP contribution in [0.2, 0.25) is 0 Å². The van der Waals surface area contributed by atoms with E-state index in [1.807, 2.05) is 4.90 Å². The van der Waals surface area contributed by atoms with E-state index in [0.29, 0.717) is 24.3 Å². The number of carbonyl (C=O) groups excluding carboxylic acids is 2. The first-order valence-electron chi connectivity index (χ1n) is 12.1. The maximum atomic E-state index is 12.8. The molecule has 34 heavy (non-hydrogen) atoms. The Labute approximate surface area is 204 Å². The van der Waals surface area contributed by atoms with E-state index in [2.05, 4.69) is 31.2 Å². The summed E-state index contributed by atoms with van der Waals surface area (Å²) in [5.41, 5.74) is 3.13. The molecule has 0 N–H and O–H groups in total. The van der Waals surface area contributed by atoms with Crippen molar-refractivity contribution in [2.75, 3.05) is 26.7 Å². The van der Waals surface area contributed by atoms with Crippen molar-refractivity contribution in [3.8, 4) is 0 Å². The minimum atomic E-state index is -3.65. The summed E-state index contributed by atoms with van der Waals surface area (Å²) in [4.78, 5) is 26.1.